The van der Waals surface area contributed by atoms with E-state index in [0.717, 1.165) is 50.4 Å². The predicted octanol–water partition coefficient (Wildman–Crippen LogP) is 4.05. The number of phenols is 1. The van der Waals surface area contributed by atoms with Gasteiger partial charge in [0.1, 0.15) is 11.9 Å². The van der Waals surface area contributed by atoms with Crippen molar-refractivity contribution >= 4 is 0 Å². The molecule has 4 bridgehead atoms. The van der Waals surface area contributed by atoms with Gasteiger partial charge in [-0.05, 0) is 66.8 Å². The lowest BCUT2D eigenvalue weighted by molar-refractivity contribution is -0.195. The third-order valence-electron chi connectivity index (χ3n) is 10.3. The number of halogens is 1. The van der Waals surface area contributed by atoms with Crippen molar-refractivity contribution in [1.29, 1.82) is 0 Å². The summed E-state index contributed by atoms with van der Waals surface area (Å²) in [7, 11) is 0. The molecule has 6 unspecified atom stereocenters. The Labute approximate surface area is 200 Å². The number of piperidine rings is 1. The van der Waals surface area contributed by atoms with Crippen LogP contribution in [-0.4, -0.2) is 64.5 Å². The monoisotopic (exact) mass is 460 g/mol. The van der Waals surface area contributed by atoms with E-state index in [4.69, 9.17) is 4.74 Å². The van der Waals surface area contributed by atoms with E-state index >= 15 is 4.39 Å². The number of nitrogens with zero attached hydrogens (tertiary/aromatic N) is 2. The Balaban J connectivity index is 1.26. The van der Waals surface area contributed by atoms with Gasteiger partial charge in [-0.2, -0.15) is 0 Å². The normalized spacial score (nSPS) is 42.4. The number of ether oxygens (including phenoxy) is 1. The first-order chi connectivity index (χ1) is 16.6. The van der Waals surface area contributed by atoms with Crippen molar-refractivity contribution in [3.05, 3.63) is 65.2 Å². The number of phenolic OH excluding ortho intramolecular Hbond substituents is 1. The van der Waals surface area contributed by atoms with Gasteiger partial charge in [-0.1, -0.05) is 36.4 Å². The van der Waals surface area contributed by atoms with Crippen LogP contribution in [-0.2, 0) is 23.1 Å². The first-order valence-electron chi connectivity index (χ1n) is 13.3. The SMILES string of the molecule is Oc1ccc2c(c1)C13C(F)CN(CC4CC4)C(C2)C12CCC1C3[C@@H](CN1Cc1ccccc1)O2. The molecule has 3 aliphatic heterocycles. The molecule has 3 saturated heterocycles. The van der Waals surface area contributed by atoms with Crippen LogP contribution in [0, 0.1) is 11.8 Å². The van der Waals surface area contributed by atoms with E-state index in [9.17, 15) is 5.11 Å². The molecule has 2 saturated carbocycles. The van der Waals surface area contributed by atoms with Gasteiger partial charge in [0.25, 0.3) is 0 Å². The molecule has 2 aromatic rings. The number of hydrogen-bond donors (Lipinski definition) is 1. The average molecular weight is 461 g/mol. The molecule has 5 heteroatoms. The Morgan fingerprint density at radius 3 is 2.71 bits per heavy atom. The molecular weight excluding hydrogens is 427 g/mol. The molecule has 0 amide bonds. The number of rotatable bonds is 4. The summed E-state index contributed by atoms with van der Waals surface area (Å²) in [6.07, 6.45) is 4.55. The topological polar surface area (TPSA) is 35.9 Å². The van der Waals surface area contributed by atoms with E-state index in [0.29, 0.717) is 12.6 Å². The summed E-state index contributed by atoms with van der Waals surface area (Å²) in [5.74, 6) is 1.13. The van der Waals surface area contributed by atoms with Gasteiger partial charge in [0.05, 0.1) is 17.1 Å². The lowest BCUT2D eigenvalue weighted by Crippen LogP contribution is -2.78. The molecule has 4 nitrogen and oxygen atoms in total. The highest BCUT2D eigenvalue weighted by Gasteiger charge is 2.80. The lowest BCUT2D eigenvalue weighted by Gasteiger charge is -2.65. The minimum Gasteiger partial charge on any atom is -0.508 e. The molecule has 6 aliphatic rings. The Morgan fingerprint density at radius 2 is 1.88 bits per heavy atom. The summed E-state index contributed by atoms with van der Waals surface area (Å²) in [6.45, 7) is 3.30. The minimum absolute atomic E-state index is 0.0612. The maximum Gasteiger partial charge on any atom is 0.126 e. The molecule has 1 N–H and O–H groups in total. The van der Waals surface area contributed by atoms with Gasteiger partial charge < -0.3 is 9.84 Å². The standard InChI is InChI=1S/C29H33FN2O2/c30-25-17-32(15-19-6-7-19)26-12-20-8-9-21(33)13-22(20)29(25)27-23-10-11-28(26,29)34-24(27)16-31(23)14-18-4-2-1-3-5-18/h1-5,8-9,13,19,23-27,33H,6-7,10-12,14-17H2/t23?,24-,25?,26?,27?,28?,29?/m1/s1. The molecule has 8 rings (SSSR count). The number of fused-ring (bicyclic) bond motifs is 1. The second-order valence-electron chi connectivity index (χ2n) is 11.9. The Bertz CT molecular complexity index is 1140. The molecular formula is C29H33FN2O2. The van der Waals surface area contributed by atoms with Crippen LogP contribution in [0.15, 0.2) is 48.5 Å². The van der Waals surface area contributed by atoms with E-state index in [1.54, 1.807) is 6.07 Å². The zero-order chi connectivity index (χ0) is 22.7. The highest BCUT2D eigenvalue weighted by Crippen LogP contribution is 2.70. The highest BCUT2D eigenvalue weighted by molar-refractivity contribution is 5.53. The van der Waals surface area contributed by atoms with Gasteiger partial charge in [0.2, 0.25) is 0 Å². The summed E-state index contributed by atoms with van der Waals surface area (Å²) in [5.41, 5.74) is 2.48. The van der Waals surface area contributed by atoms with E-state index < -0.39 is 17.2 Å². The van der Waals surface area contributed by atoms with Crippen LogP contribution in [0.4, 0.5) is 4.39 Å². The molecule has 0 radical (unpaired) electrons. The van der Waals surface area contributed by atoms with Gasteiger partial charge in [-0.15, -0.1) is 0 Å². The van der Waals surface area contributed by atoms with Crippen molar-refractivity contribution in [2.45, 2.75) is 74.0 Å². The fourth-order valence-corrected chi connectivity index (χ4v) is 9.11. The number of aromatic hydroxyl groups is 1. The summed E-state index contributed by atoms with van der Waals surface area (Å²) < 4.78 is 24.1. The third-order valence-corrected chi connectivity index (χ3v) is 10.3. The minimum atomic E-state index is -0.974. The van der Waals surface area contributed by atoms with Crippen LogP contribution >= 0.6 is 0 Å². The van der Waals surface area contributed by atoms with Crippen molar-refractivity contribution in [3.63, 3.8) is 0 Å². The molecule has 0 aromatic heterocycles. The number of likely N-dealkylation sites (tertiary alicyclic amines) is 2. The van der Waals surface area contributed by atoms with Crippen molar-refractivity contribution in [2.24, 2.45) is 11.8 Å². The van der Waals surface area contributed by atoms with Crippen LogP contribution < -0.4 is 0 Å². The van der Waals surface area contributed by atoms with Gasteiger partial charge >= 0.3 is 0 Å². The molecule has 34 heavy (non-hydrogen) atoms. The second kappa shape index (κ2) is 6.83. The fourth-order valence-electron chi connectivity index (χ4n) is 9.11. The largest absolute Gasteiger partial charge is 0.508 e. The zero-order valence-electron chi connectivity index (χ0n) is 19.6. The van der Waals surface area contributed by atoms with E-state index in [2.05, 4.69) is 46.2 Å². The zero-order valence-corrected chi connectivity index (χ0v) is 19.6. The van der Waals surface area contributed by atoms with Crippen LogP contribution in [0.1, 0.15) is 42.4 Å². The Morgan fingerprint density at radius 1 is 1.03 bits per heavy atom. The van der Waals surface area contributed by atoms with Crippen molar-refractivity contribution < 1.29 is 14.2 Å². The summed E-state index contributed by atoms with van der Waals surface area (Å²) in [4.78, 5) is 5.04. The van der Waals surface area contributed by atoms with Crippen LogP contribution in [0.2, 0.25) is 0 Å². The summed E-state index contributed by atoms with van der Waals surface area (Å²) >= 11 is 0. The smallest absolute Gasteiger partial charge is 0.126 e. The molecule has 7 atom stereocenters. The molecule has 3 heterocycles. The summed E-state index contributed by atoms with van der Waals surface area (Å²) in [6, 6.07) is 17.0. The van der Waals surface area contributed by atoms with Crippen molar-refractivity contribution in [1.82, 2.24) is 9.80 Å². The van der Waals surface area contributed by atoms with E-state index in [1.165, 1.54) is 24.0 Å². The van der Waals surface area contributed by atoms with Crippen LogP contribution in [0.5, 0.6) is 5.75 Å². The number of alkyl halides is 1. The quantitative estimate of drug-likeness (QED) is 0.747. The number of hydrogen-bond acceptors (Lipinski definition) is 4. The van der Waals surface area contributed by atoms with Gasteiger partial charge in [-0.25, -0.2) is 4.39 Å². The van der Waals surface area contributed by atoms with Crippen LogP contribution in [0.3, 0.4) is 0 Å². The van der Waals surface area contributed by atoms with Crippen LogP contribution in [0.25, 0.3) is 0 Å². The first-order valence-corrected chi connectivity index (χ1v) is 13.3. The molecule has 178 valence electrons. The van der Waals surface area contributed by atoms with Crippen molar-refractivity contribution in [2.75, 3.05) is 19.6 Å². The second-order valence-corrected chi connectivity index (χ2v) is 11.9. The Kier molecular flexibility index (Phi) is 4.07. The van der Waals surface area contributed by atoms with Gasteiger partial charge in [-0.3, -0.25) is 9.80 Å². The fraction of sp³-hybridized carbons (Fsp3) is 0.586. The Hall–Kier alpha value is -1.95. The van der Waals surface area contributed by atoms with E-state index in [1.807, 2.05) is 6.07 Å². The number of benzene rings is 2. The maximum atomic E-state index is 17.0. The third kappa shape index (κ3) is 2.44. The molecule has 3 aliphatic carbocycles. The molecule has 5 fully saturated rings. The maximum absolute atomic E-state index is 17.0. The van der Waals surface area contributed by atoms with Crippen molar-refractivity contribution in [3.8, 4) is 5.75 Å². The predicted molar refractivity (Wildman–Crippen MR) is 127 cm³/mol. The van der Waals surface area contributed by atoms with Gasteiger partial charge in [0.15, 0.2) is 0 Å². The first kappa shape index (κ1) is 20.3. The molecule has 0 spiro atoms. The summed E-state index contributed by atoms with van der Waals surface area (Å²) in [5, 5.41) is 10.5. The lowest BCUT2D eigenvalue weighted by atomic mass is 9.45. The molecule has 2 aromatic carbocycles. The highest BCUT2D eigenvalue weighted by atomic mass is 19.1. The average Bonchev–Trinajstić information content (AvgIpc) is 3.54. The van der Waals surface area contributed by atoms with E-state index in [-0.39, 0.29) is 23.8 Å². The van der Waals surface area contributed by atoms with Gasteiger partial charge in [0, 0.05) is 44.2 Å².